The minimum atomic E-state index is 0.209. The van der Waals surface area contributed by atoms with Gasteiger partial charge in [0, 0.05) is 59.0 Å². The number of rotatable bonds is 9. The van der Waals surface area contributed by atoms with Crippen molar-refractivity contribution in [2.24, 2.45) is 16.3 Å². The molecule has 0 bridgehead atoms. The van der Waals surface area contributed by atoms with Gasteiger partial charge in [-0.3, -0.25) is 4.99 Å². The second-order valence-electron chi connectivity index (χ2n) is 8.82. The Hall–Kier alpha value is -0.850. The highest BCUT2D eigenvalue weighted by Gasteiger charge is 2.31. The van der Waals surface area contributed by atoms with Crippen LogP contribution in [0.1, 0.15) is 52.4 Å². The molecule has 2 aliphatic rings. The Morgan fingerprint density at radius 3 is 2.44 bits per heavy atom. The molecule has 0 aromatic rings. The quantitative estimate of drug-likeness (QED) is 0.420. The Morgan fingerprint density at radius 1 is 1.11 bits per heavy atom. The lowest BCUT2D eigenvalue weighted by Gasteiger charge is -2.36. The monoisotopic (exact) mass is 381 g/mol. The van der Waals surface area contributed by atoms with Crippen LogP contribution in [0.5, 0.6) is 0 Å². The molecule has 0 amide bonds. The molecule has 2 rings (SSSR count). The van der Waals surface area contributed by atoms with E-state index in [0.717, 1.165) is 38.6 Å². The van der Waals surface area contributed by atoms with E-state index in [-0.39, 0.29) is 12.0 Å². The van der Waals surface area contributed by atoms with Gasteiger partial charge in [-0.05, 0) is 44.6 Å². The number of hydrogen-bond acceptors (Lipinski definition) is 4. The molecule has 6 nitrogen and oxygen atoms in total. The fourth-order valence-corrected chi connectivity index (χ4v) is 4.42. The summed E-state index contributed by atoms with van der Waals surface area (Å²) in [5, 5.41) is 16.5. The van der Waals surface area contributed by atoms with Crippen LogP contribution in [0.25, 0.3) is 0 Å². The van der Waals surface area contributed by atoms with Crippen LogP contribution < -0.4 is 10.6 Å². The number of likely N-dealkylation sites (N-methyl/N-ethyl adjacent to an activating group) is 1. The van der Waals surface area contributed by atoms with Crippen molar-refractivity contribution in [3.63, 3.8) is 0 Å². The largest absolute Gasteiger partial charge is 0.396 e. The molecule has 1 unspecified atom stereocenters. The Bertz CT molecular complexity index is 423. The van der Waals surface area contributed by atoms with E-state index >= 15 is 0 Å². The molecule has 1 aliphatic carbocycles. The normalized spacial score (nSPS) is 23.2. The van der Waals surface area contributed by atoms with Crippen LogP contribution in [0.15, 0.2) is 4.99 Å². The van der Waals surface area contributed by atoms with Gasteiger partial charge in [-0.15, -0.1) is 0 Å². The van der Waals surface area contributed by atoms with Crippen LogP contribution in [-0.2, 0) is 0 Å². The first kappa shape index (κ1) is 22.4. The molecule has 158 valence electrons. The summed E-state index contributed by atoms with van der Waals surface area (Å²) in [5.74, 6) is 1.53. The number of aliphatic hydroxyl groups excluding tert-OH is 1. The predicted octanol–water partition coefficient (Wildman–Crippen LogP) is 1.76. The molecule has 1 heterocycles. The lowest BCUT2D eigenvalue weighted by atomic mass is 9.72. The highest BCUT2D eigenvalue weighted by Crippen LogP contribution is 2.39. The van der Waals surface area contributed by atoms with Gasteiger partial charge in [-0.25, -0.2) is 0 Å². The van der Waals surface area contributed by atoms with Gasteiger partial charge in [0.25, 0.3) is 0 Å². The van der Waals surface area contributed by atoms with Crippen LogP contribution >= 0.6 is 0 Å². The number of nitrogens with zero attached hydrogens (tertiary/aromatic N) is 3. The zero-order chi connectivity index (χ0) is 19.5. The fraction of sp³-hybridized carbons (Fsp3) is 0.952. The molecule has 27 heavy (non-hydrogen) atoms. The van der Waals surface area contributed by atoms with Gasteiger partial charge in [0.2, 0.25) is 0 Å². The first-order valence-corrected chi connectivity index (χ1v) is 11.1. The summed E-state index contributed by atoms with van der Waals surface area (Å²) in [4.78, 5) is 9.90. The van der Waals surface area contributed by atoms with E-state index in [1.165, 1.54) is 58.3 Å². The van der Waals surface area contributed by atoms with Crippen LogP contribution in [0.4, 0.5) is 0 Å². The molecular formula is C21H43N5O. The number of guanidine groups is 1. The van der Waals surface area contributed by atoms with E-state index in [1.54, 1.807) is 0 Å². The molecule has 0 aromatic carbocycles. The molecule has 1 saturated heterocycles. The maximum Gasteiger partial charge on any atom is 0.191 e. The van der Waals surface area contributed by atoms with Crippen molar-refractivity contribution in [3.8, 4) is 0 Å². The minimum Gasteiger partial charge on any atom is -0.396 e. The van der Waals surface area contributed by atoms with E-state index in [0.29, 0.717) is 5.92 Å². The molecule has 6 heteroatoms. The molecule has 0 aromatic heterocycles. The van der Waals surface area contributed by atoms with Crippen molar-refractivity contribution in [2.45, 2.75) is 52.4 Å². The Labute approximate surface area is 166 Å². The summed E-state index contributed by atoms with van der Waals surface area (Å²) >= 11 is 0. The standard InChI is InChI=1S/C21H43N5O/c1-4-22-20(24-18-21(10-15-27)8-6-5-7-9-21)23-16-19(2)17-26-13-11-25(3)12-14-26/h19,27H,4-18H2,1-3H3,(H2,22,23,24). The maximum absolute atomic E-state index is 9.51. The van der Waals surface area contributed by atoms with Gasteiger partial charge < -0.3 is 25.5 Å². The smallest absolute Gasteiger partial charge is 0.191 e. The van der Waals surface area contributed by atoms with Crippen LogP contribution in [0.3, 0.4) is 0 Å². The molecule has 1 atom stereocenters. The van der Waals surface area contributed by atoms with Crippen LogP contribution in [0.2, 0.25) is 0 Å². The van der Waals surface area contributed by atoms with Crippen molar-refractivity contribution >= 4 is 5.96 Å². The van der Waals surface area contributed by atoms with Gasteiger partial charge in [-0.1, -0.05) is 26.2 Å². The third-order valence-corrected chi connectivity index (χ3v) is 6.26. The Balaban J connectivity index is 1.81. The first-order valence-electron chi connectivity index (χ1n) is 11.1. The fourth-order valence-electron chi connectivity index (χ4n) is 4.42. The Kier molecular flexibility index (Phi) is 9.87. The highest BCUT2D eigenvalue weighted by atomic mass is 16.3. The number of nitrogens with one attached hydrogen (secondary N) is 2. The average Bonchev–Trinajstić information content (AvgIpc) is 2.67. The highest BCUT2D eigenvalue weighted by molar-refractivity contribution is 5.79. The molecule has 2 fully saturated rings. The van der Waals surface area contributed by atoms with Crippen LogP contribution in [-0.4, -0.2) is 86.9 Å². The maximum atomic E-state index is 9.51. The summed E-state index contributed by atoms with van der Waals surface area (Å²) in [6.07, 6.45) is 7.18. The average molecular weight is 382 g/mol. The lowest BCUT2D eigenvalue weighted by Crippen LogP contribution is -2.47. The van der Waals surface area contributed by atoms with E-state index < -0.39 is 0 Å². The Morgan fingerprint density at radius 2 is 1.81 bits per heavy atom. The SMILES string of the molecule is CCNC(=NCC1(CCO)CCCCC1)NCC(C)CN1CCN(C)CC1. The summed E-state index contributed by atoms with van der Waals surface area (Å²) < 4.78 is 0. The minimum absolute atomic E-state index is 0.209. The molecule has 3 N–H and O–H groups in total. The van der Waals surface area contributed by atoms with Crippen LogP contribution in [0, 0.1) is 11.3 Å². The second kappa shape index (κ2) is 11.9. The van der Waals surface area contributed by atoms with Crippen molar-refractivity contribution < 1.29 is 5.11 Å². The van der Waals surface area contributed by atoms with Crippen molar-refractivity contribution in [2.75, 3.05) is 66.0 Å². The van der Waals surface area contributed by atoms with E-state index in [4.69, 9.17) is 4.99 Å². The molecule has 1 saturated carbocycles. The van der Waals surface area contributed by atoms with Crippen molar-refractivity contribution in [1.29, 1.82) is 0 Å². The van der Waals surface area contributed by atoms with Crippen molar-refractivity contribution in [3.05, 3.63) is 0 Å². The third kappa shape index (κ3) is 7.96. The topological polar surface area (TPSA) is 63.1 Å². The molecular weight excluding hydrogens is 338 g/mol. The predicted molar refractivity (Wildman–Crippen MR) is 114 cm³/mol. The molecule has 0 spiro atoms. The lowest BCUT2D eigenvalue weighted by molar-refractivity contribution is 0.137. The van der Waals surface area contributed by atoms with Gasteiger partial charge in [0.05, 0.1) is 0 Å². The van der Waals surface area contributed by atoms with Gasteiger partial charge in [-0.2, -0.15) is 0 Å². The summed E-state index contributed by atoms with van der Waals surface area (Å²) in [7, 11) is 2.21. The van der Waals surface area contributed by atoms with Gasteiger partial charge in [0.1, 0.15) is 0 Å². The third-order valence-electron chi connectivity index (χ3n) is 6.26. The van der Waals surface area contributed by atoms with Gasteiger partial charge >= 0.3 is 0 Å². The number of aliphatic imine (C=N–C) groups is 1. The zero-order valence-electron chi connectivity index (χ0n) is 18.0. The first-order chi connectivity index (χ1) is 13.1. The summed E-state index contributed by atoms with van der Waals surface area (Å²) in [6.45, 7) is 13.2. The zero-order valence-corrected chi connectivity index (χ0v) is 18.0. The number of aliphatic hydroxyl groups is 1. The molecule has 0 radical (unpaired) electrons. The van der Waals surface area contributed by atoms with E-state index in [1.807, 2.05) is 0 Å². The summed E-state index contributed by atoms with van der Waals surface area (Å²) in [5.41, 5.74) is 0.209. The van der Waals surface area contributed by atoms with Crippen molar-refractivity contribution in [1.82, 2.24) is 20.4 Å². The van der Waals surface area contributed by atoms with E-state index in [2.05, 4.69) is 41.3 Å². The van der Waals surface area contributed by atoms with E-state index in [9.17, 15) is 5.11 Å². The number of hydrogen-bond donors (Lipinski definition) is 3. The van der Waals surface area contributed by atoms with Gasteiger partial charge in [0.15, 0.2) is 5.96 Å². The second-order valence-corrected chi connectivity index (χ2v) is 8.82. The molecule has 1 aliphatic heterocycles. The summed E-state index contributed by atoms with van der Waals surface area (Å²) in [6, 6.07) is 0. The number of piperazine rings is 1.